The van der Waals surface area contributed by atoms with Crippen molar-refractivity contribution in [3.63, 3.8) is 0 Å². The van der Waals surface area contributed by atoms with Crippen LogP contribution in [0.2, 0.25) is 0 Å². The van der Waals surface area contributed by atoms with Crippen LogP contribution in [0.15, 0.2) is 0 Å². The highest BCUT2D eigenvalue weighted by Crippen LogP contribution is 2.40. The normalized spacial score (nSPS) is 29.1. The Kier molecular flexibility index (Phi) is 5.48. The lowest BCUT2D eigenvalue weighted by molar-refractivity contribution is -0.141. The van der Waals surface area contributed by atoms with Gasteiger partial charge in [0.2, 0.25) is 5.91 Å². The number of carboxylic acids is 1. The van der Waals surface area contributed by atoms with Gasteiger partial charge in [0.15, 0.2) is 0 Å². The minimum atomic E-state index is -0.740. The number of aliphatic carboxylic acids is 1. The molecular weight excluding hydrogens is 304 g/mol. The second kappa shape index (κ2) is 7.42. The van der Waals surface area contributed by atoms with E-state index in [0.29, 0.717) is 12.0 Å². The lowest BCUT2D eigenvalue weighted by atomic mass is 9.71. The van der Waals surface area contributed by atoms with Gasteiger partial charge < -0.3 is 10.4 Å². The van der Waals surface area contributed by atoms with Crippen molar-refractivity contribution in [3.05, 3.63) is 0 Å². The molecule has 2 N–H and O–H groups in total. The molecule has 0 heterocycles. The topological polar surface area (TPSA) is 69.6 Å². The molecule has 0 radical (unpaired) electrons. The molecule has 5 heteroatoms. The molecule has 24 heavy (non-hydrogen) atoms. The zero-order chi connectivity index (χ0) is 17.2. The first-order valence-corrected chi connectivity index (χ1v) is 9.79. The smallest absolute Gasteiger partial charge is 0.317 e. The highest BCUT2D eigenvalue weighted by atomic mass is 16.4. The lowest BCUT2D eigenvalue weighted by Gasteiger charge is -2.44. The number of hydrogen-bond donors (Lipinski definition) is 2. The summed E-state index contributed by atoms with van der Waals surface area (Å²) in [5.41, 5.74) is -0.141. The molecule has 3 fully saturated rings. The summed E-state index contributed by atoms with van der Waals surface area (Å²) in [6.45, 7) is 3.19. The third-order valence-electron chi connectivity index (χ3n) is 6.46. The van der Waals surface area contributed by atoms with Gasteiger partial charge in [0.05, 0.1) is 6.54 Å². The maximum atomic E-state index is 12.8. The molecule has 0 bridgehead atoms. The third-order valence-corrected chi connectivity index (χ3v) is 6.46. The first-order chi connectivity index (χ1) is 11.5. The molecule has 5 nitrogen and oxygen atoms in total. The summed E-state index contributed by atoms with van der Waals surface area (Å²) in [5, 5.41) is 12.4. The second-order valence-corrected chi connectivity index (χ2v) is 8.26. The standard InChI is InChI=1S/C19H32N2O3/c1-2-19(8-4-3-5-9-19)18(24)20-15-10-16(11-15)21(13-17(22)23)12-14-6-7-14/h14-16H,2-13H2,1H3,(H,20,24)(H,22,23). The minimum Gasteiger partial charge on any atom is -0.480 e. The first kappa shape index (κ1) is 17.7. The van der Waals surface area contributed by atoms with E-state index in [1.807, 2.05) is 0 Å². The zero-order valence-corrected chi connectivity index (χ0v) is 14.9. The van der Waals surface area contributed by atoms with Crippen LogP contribution in [0.5, 0.6) is 0 Å². The number of carbonyl (C=O) groups is 2. The third kappa shape index (κ3) is 4.11. The predicted octanol–water partition coefficient (Wildman–Crippen LogP) is 2.79. The highest BCUT2D eigenvalue weighted by Gasteiger charge is 2.42. The summed E-state index contributed by atoms with van der Waals surface area (Å²) in [5.74, 6) is 0.207. The van der Waals surface area contributed by atoms with Crippen LogP contribution in [-0.2, 0) is 9.59 Å². The van der Waals surface area contributed by atoms with Crippen LogP contribution >= 0.6 is 0 Å². The van der Waals surface area contributed by atoms with Gasteiger partial charge in [-0.25, -0.2) is 0 Å². The molecule has 0 aliphatic heterocycles. The van der Waals surface area contributed by atoms with E-state index in [-0.39, 0.29) is 23.9 Å². The van der Waals surface area contributed by atoms with E-state index in [0.717, 1.165) is 38.6 Å². The summed E-state index contributed by atoms with van der Waals surface area (Å²) in [6.07, 6.45) is 10.9. The Morgan fingerprint density at radius 3 is 2.38 bits per heavy atom. The van der Waals surface area contributed by atoms with Crippen LogP contribution in [0.1, 0.15) is 71.1 Å². The van der Waals surface area contributed by atoms with E-state index in [1.54, 1.807) is 0 Å². The van der Waals surface area contributed by atoms with Crippen LogP contribution < -0.4 is 5.32 Å². The first-order valence-electron chi connectivity index (χ1n) is 9.79. The Morgan fingerprint density at radius 2 is 1.83 bits per heavy atom. The van der Waals surface area contributed by atoms with Gasteiger partial charge in [-0.15, -0.1) is 0 Å². The summed E-state index contributed by atoms with van der Waals surface area (Å²) in [4.78, 5) is 26.0. The fourth-order valence-electron chi connectivity index (χ4n) is 4.46. The number of hydrogen-bond acceptors (Lipinski definition) is 3. The Bertz CT molecular complexity index is 463. The molecule has 0 atom stereocenters. The van der Waals surface area contributed by atoms with Crippen LogP contribution in [-0.4, -0.2) is 47.1 Å². The van der Waals surface area contributed by atoms with Gasteiger partial charge in [-0.2, -0.15) is 0 Å². The average molecular weight is 336 g/mol. The molecule has 3 rings (SSSR count). The summed E-state index contributed by atoms with van der Waals surface area (Å²) >= 11 is 0. The maximum absolute atomic E-state index is 12.8. The fourth-order valence-corrected chi connectivity index (χ4v) is 4.46. The van der Waals surface area contributed by atoms with E-state index in [1.165, 1.54) is 32.1 Å². The molecule has 0 spiro atoms. The number of carboxylic acid groups (broad SMARTS) is 1. The van der Waals surface area contributed by atoms with Crippen LogP contribution in [0.25, 0.3) is 0 Å². The van der Waals surface area contributed by atoms with Crippen LogP contribution in [0.3, 0.4) is 0 Å². The monoisotopic (exact) mass is 336 g/mol. The average Bonchev–Trinajstić information content (AvgIpc) is 3.33. The van der Waals surface area contributed by atoms with Gasteiger partial charge in [0.1, 0.15) is 0 Å². The SMILES string of the molecule is CCC1(C(=O)NC2CC(N(CC(=O)O)CC3CC3)C2)CCCCC1. The number of amides is 1. The van der Waals surface area contributed by atoms with E-state index >= 15 is 0 Å². The van der Waals surface area contributed by atoms with Crippen molar-refractivity contribution in [1.82, 2.24) is 10.2 Å². The minimum absolute atomic E-state index is 0.140. The van der Waals surface area contributed by atoms with Gasteiger partial charge in [0, 0.05) is 24.0 Å². The summed E-state index contributed by atoms with van der Waals surface area (Å²) in [6, 6.07) is 0.569. The molecule has 1 amide bonds. The highest BCUT2D eigenvalue weighted by molar-refractivity contribution is 5.83. The number of rotatable bonds is 8. The van der Waals surface area contributed by atoms with Gasteiger partial charge >= 0.3 is 5.97 Å². The van der Waals surface area contributed by atoms with E-state index in [9.17, 15) is 9.59 Å². The Morgan fingerprint density at radius 1 is 1.17 bits per heavy atom. The Hall–Kier alpha value is -1.10. The van der Waals surface area contributed by atoms with Crippen molar-refractivity contribution in [3.8, 4) is 0 Å². The Balaban J connectivity index is 1.48. The predicted molar refractivity (Wildman–Crippen MR) is 92.7 cm³/mol. The lowest BCUT2D eigenvalue weighted by Crippen LogP contribution is -2.57. The van der Waals surface area contributed by atoms with Crippen molar-refractivity contribution < 1.29 is 14.7 Å². The van der Waals surface area contributed by atoms with Crippen molar-refractivity contribution in [2.45, 2.75) is 83.2 Å². The second-order valence-electron chi connectivity index (χ2n) is 8.26. The molecule has 136 valence electrons. The van der Waals surface area contributed by atoms with Crippen molar-refractivity contribution in [2.24, 2.45) is 11.3 Å². The van der Waals surface area contributed by atoms with Gasteiger partial charge in [-0.05, 0) is 50.9 Å². The maximum Gasteiger partial charge on any atom is 0.317 e. The number of carbonyl (C=O) groups excluding carboxylic acids is 1. The molecular formula is C19H32N2O3. The molecule has 0 aromatic rings. The quantitative estimate of drug-likeness (QED) is 0.715. The van der Waals surface area contributed by atoms with E-state index in [2.05, 4.69) is 17.1 Å². The zero-order valence-electron chi connectivity index (χ0n) is 14.9. The molecule has 0 aromatic heterocycles. The summed E-state index contributed by atoms with van der Waals surface area (Å²) < 4.78 is 0. The Labute approximate surface area is 145 Å². The molecule has 3 aliphatic rings. The molecule has 3 aliphatic carbocycles. The van der Waals surface area contributed by atoms with Gasteiger partial charge in [-0.1, -0.05) is 26.2 Å². The van der Waals surface area contributed by atoms with E-state index in [4.69, 9.17) is 5.11 Å². The van der Waals surface area contributed by atoms with Gasteiger partial charge in [0.25, 0.3) is 0 Å². The number of nitrogens with zero attached hydrogens (tertiary/aromatic N) is 1. The van der Waals surface area contributed by atoms with Crippen molar-refractivity contribution in [2.75, 3.05) is 13.1 Å². The van der Waals surface area contributed by atoms with Crippen LogP contribution in [0.4, 0.5) is 0 Å². The molecule has 0 saturated heterocycles. The van der Waals surface area contributed by atoms with Gasteiger partial charge in [-0.3, -0.25) is 14.5 Å². The largest absolute Gasteiger partial charge is 0.480 e. The van der Waals surface area contributed by atoms with Crippen molar-refractivity contribution in [1.29, 1.82) is 0 Å². The molecule has 0 unspecified atom stereocenters. The van der Waals surface area contributed by atoms with Crippen LogP contribution in [0, 0.1) is 11.3 Å². The number of nitrogens with one attached hydrogen (secondary N) is 1. The molecule has 3 saturated carbocycles. The van der Waals surface area contributed by atoms with Crippen molar-refractivity contribution >= 4 is 11.9 Å². The molecule has 0 aromatic carbocycles. The summed E-state index contributed by atoms with van der Waals surface area (Å²) in [7, 11) is 0. The fraction of sp³-hybridized carbons (Fsp3) is 0.895. The van der Waals surface area contributed by atoms with E-state index < -0.39 is 5.97 Å².